The second kappa shape index (κ2) is 44.1. The lowest BCUT2D eigenvalue weighted by Gasteiger charge is -2.43. The van der Waals surface area contributed by atoms with Gasteiger partial charge in [-0.15, -0.1) is 0 Å². The lowest BCUT2D eigenvalue weighted by Crippen LogP contribution is -2.60. The van der Waals surface area contributed by atoms with Gasteiger partial charge >= 0.3 is 0 Å². The van der Waals surface area contributed by atoms with Crippen LogP contribution in [0.2, 0.25) is 0 Å². The predicted molar refractivity (Wildman–Crippen MR) is 293 cm³/mol. The van der Waals surface area contributed by atoms with Crippen molar-refractivity contribution in [2.45, 2.75) is 285 Å². The van der Waals surface area contributed by atoms with Crippen LogP contribution < -0.4 is 0 Å². The summed E-state index contributed by atoms with van der Waals surface area (Å²) in [5.74, 6) is 0. The number of hydrogen-bond acceptors (Lipinski definition) is 0. The second-order valence-electron chi connectivity index (χ2n) is 24.1. The summed E-state index contributed by atoms with van der Waals surface area (Å²) in [5.41, 5.74) is 0. The third kappa shape index (κ3) is 43.1. The highest BCUT2D eigenvalue weighted by atomic mass is 15.4. The molecule has 2 atom stereocenters. The first-order valence-corrected chi connectivity index (χ1v) is 30.2. The molecule has 0 aliphatic heterocycles. The van der Waals surface area contributed by atoms with E-state index in [0.717, 1.165) is 0 Å². The molecule has 2 unspecified atom stereocenters. The maximum atomic E-state index is 2.68. The maximum absolute atomic E-state index is 2.68. The van der Waals surface area contributed by atoms with Crippen molar-refractivity contribution in [3.05, 3.63) is 0 Å². The van der Waals surface area contributed by atoms with Crippen molar-refractivity contribution < 1.29 is 17.9 Å². The van der Waals surface area contributed by atoms with E-state index in [1.54, 1.807) is 0 Å². The van der Waals surface area contributed by atoms with Crippen LogP contribution in [0.4, 0.5) is 0 Å². The van der Waals surface area contributed by atoms with Crippen molar-refractivity contribution in [2.24, 2.45) is 0 Å². The lowest BCUT2D eigenvalue weighted by molar-refractivity contribution is -0.991. The van der Waals surface area contributed by atoms with Crippen LogP contribution in [0, 0.1) is 0 Å². The van der Waals surface area contributed by atoms with E-state index in [0.29, 0.717) is 0 Å². The van der Waals surface area contributed by atoms with Crippen LogP contribution in [0.3, 0.4) is 0 Å². The summed E-state index contributed by atoms with van der Waals surface area (Å²) in [6, 6.07) is 0. The van der Waals surface area contributed by atoms with Crippen LogP contribution in [0.1, 0.15) is 285 Å². The molecule has 0 amide bonds. The van der Waals surface area contributed by atoms with Gasteiger partial charge in [-0.3, -0.25) is 0 Å². The topological polar surface area (TPSA) is 0 Å². The van der Waals surface area contributed by atoms with E-state index in [1.807, 2.05) is 0 Å². The monoisotopic (exact) mass is 907 g/mol. The quantitative estimate of drug-likeness (QED) is 0.0421. The molecule has 0 aliphatic carbocycles. The highest BCUT2D eigenvalue weighted by molar-refractivity contribution is 4.55. The molecule has 0 aromatic carbocycles. The second-order valence-corrected chi connectivity index (χ2v) is 24.1. The van der Waals surface area contributed by atoms with Crippen LogP contribution in [0.25, 0.3) is 0 Å². The summed E-state index contributed by atoms with van der Waals surface area (Å²) >= 11 is 0. The lowest BCUT2D eigenvalue weighted by atomic mass is 10.1. The molecule has 386 valence electrons. The van der Waals surface area contributed by atoms with E-state index in [4.69, 9.17) is 0 Å². The van der Waals surface area contributed by atoms with Crippen molar-refractivity contribution in [2.75, 3.05) is 108 Å². The zero-order valence-electron chi connectivity index (χ0n) is 47.1. The normalized spacial score (nSPS) is 14.3. The number of quaternary nitrogens is 4. The van der Waals surface area contributed by atoms with Gasteiger partial charge in [-0.25, -0.2) is 0 Å². The fourth-order valence-corrected chi connectivity index (χ4v) is 10.4. The molecule has 0 fully saturated rings. The molecule has 0 N–H and O–H groups in total. The zero-order valence-corrected chi connectivity index (χ0v) is 47.1. The summed E-state index contributed by atoms with van der Waals surface area (Å²) in [6.07, 6.45) is 57.5. The summed E-state index contributed by atoms with van der Waals surface area (Å²) in [4.78, 5) is 0. The fourth-order valence-electron chi connectivity index (χ4n) is 10.4. The molecule has 0 heterocycles. The average molecular weight is 908 g/mol. The Balaban J connectivity index is 5.46. The van der Waals surface area contributed by atoms with Gasteiger partial charge < -0.3 is 17.9 Å². The zero-order chi connectivity index (χ0) is 47.4. The minimum absolute atomic E-state index is 1.21. The molecule has 0 spiro atoms. The molecular weight excluding hydrogens is 777 g/mol. The first-order chi connectivity index (χ1) is 30.9. The number of hydrogen-bond donors (Lipinski definition) is 0. The van der Waals surface area contributed by atoms with Gasteiger partial charge in [0.15, 0.2) is 0 Å². The molecule has 64 heavy (non-hydrogen) atoms. The highest BCUT2D eigenvalue weighted by Crippen LogP contribution is 2.19. The van der Waals surface area contributed by atoms with Crippen LogP contribution in [0.5, 0.6) is 0 Å². The van der Waals surface area contributed by atoms with Crippen molar-refractivity contribution in [1.29, 1.82) is 0 Å². The van der Waals surface area contributed by atoms with E-state index in [2.05, 4.69) is 70.0 Å². The maximum Gasteiger partial charge on any atom is 0.128 e. The first-order valence-electron chi connectivity index (χ1n) is 30.2. The van der Waals surface area contributed by atoms with Gasteiger partial charge in [-0.2, -0.15) is 0 Å². The number of rotatable bonds is 53. The Morgan fingerprint density at radius 3 is 0.516 bits per heavy atom. The predicted octanol–water partition coefficient (Wildman–Crippen LogP) is 17.7. The molecule has 0 aromatic rings. The Hall–Kier alpha value is -0.160. The van der Waals surface area contributed by atoms with Gasteiger partial charge in [0.05, 0.1) is 68.5 Å². The Morgan fingerprint density at radius 2 is 0.312 bits per heavy atom. The largest absolute Gasteiger partial charge is 0.324 e. The minimum Gasteiger partial charge on any atom is -0.324 e. The SMILES string of the molecule is CCCCCCCCCCCC[N+](C)(C)CC[N+](C)(CCCCCCCCCCCC)CC[N+](C)(CCCCCCCCCCCC)CC[N+](C)(C)CCCCCCCCCCCC. The summed E-state index contributed by atoms with van der Waals surface area (Å²) in [6.45, 7) is 22.9. The van der Waals surface area contributed by atoms with E-state index in [9.17, 15) is 0 Å². The van der Waals surface area contributed by atoms with Crippen molar-refractivity contribution >= 4 is 0 Å². The third-order valence-electron chi connectivity index (χ3n) is 16.0. The van der Waals surface area contributed by atoms with Crippen LogP contribution >= 0.6 is 0 Å². The fraction of sp³-hybridized carbons (Fsp3) is 1.00. The molecule has 0 radical (unpaired) electrons. The standard InChI is InChI=1S/C60H130N4/c1-11-15-19-23-27-31-35-39-43-47-51-61(5,6)55-57-63(9,53-49-45-41-37-33-29-25-21-17-13-3)59-60-64(10,54-50-46-42-38-34-30-26-22-18-14-4)58-56-62(7,8)52-48-44-40-36-32-28-24-20-16-12-2/h11-60H2,1-10H3/q+4. The van der Waals surface area contributed by atoms with Crippen LogP contribution in [-0.4, -0.2) is 126 Å². The molecule has 0 saturated carbocycles. The van der Waals surface area contributed by atoms with E-state index >= 15 is 0 Å². The molecule has 0 aromatic heterocycles. The van der Waals surface area contributed by atoms with E-state index in [1.165, 1.54) is 340 Å². The minimum atomic E-state index is 1.21. The summed E-state index contributed by atoms with van der Waals surface area (Å²) in [5, 5.41) is 0. The summed E-state index contributed by atoms with van der Waals surface area (Å²) in [7, 11) is 15.6. The summed E-state index contributed by atoms with van der Waals surface area (Å²) < 4.78 is 5.00. The van der Waals surface area contributed by atoms with Gasteiger partial charge in [0, 0.05) is 0 Å². The number of likely N-dealkylation sites (N-methyl/N-ethyl adjacent to an activating group) is 4. The molecular formula is C60H130N4+4. The molecule has 0 saturated heterocycles. The van der Waals surface area contributed by atoms with Crippen LogP contribution in [0.15, 0.2) is 0 Å². The highest BCUT2D eigenvalue weighted by Gasteiger charge is 2.32. The van der Waals surface area contributed by atoms with Gasteiger partial charge in [0.1, 0.15) is 39.3 Å². The molecule has 0 aliphatic rings. The average Bonchev–Trinajstić information content (AvgIpc) is 3.27. The van der Waals surface area contributed by atoms with Crippen molar-refractivity contribution in [3.63, 3.8) is 0 Å². The van der Waals surface area contributed by atoms with Gasteiger partial charge in [-0.05, 0) is 51.4 Å². The Morgan fingerprint density at radius 1 is 0.156 bits per heavy atom. The van der Waals surface area contributed by atoms with Gasteiger partial charge in [0.25, 0.3) is 0 Å². The Labute approximate surface area is 408 Å². The molecule has 4 heteroatoms. The third-order valence-corrected chi connectivity index (χ3v) is 16.0. The molecule has 0 bridgehead atoms. The number of nitrogens with zero attached hydrogens (tertiary/aromatic N) is 4. The van der Waals surface area contributed by atoms with Gasteiger partial charge in [-0.1, -0.05) is 233 Å². The van der Waals surface area contributed by atoms with Crippen molar-refractivity contribution in [1.82, 2.24) is 0 Å². The smallest absolute Gasteiger partial charge is 0.128 e. The van der Waals surface area contributed by atoms with Crippen LogP contribution in [-0.2, 0) is 0 Å². The molecule has 0 rings (SSSR count). The Kier molecular flexibility index (Phi) is 44.0. The van der Waals surface area contributed by atoms with Crippen molar-refractivity contribution in [3.8, 4) is 0 Å². The molecule has 4 nitrogen and oxygen atoms in total. The number of unbranched alkanes of at least 4 members (excludes halogenated alkanes) is 36. The van der Waals surface area contributed by atoms with Gasteiger partial charge in [0.2, 0.25) is 0 Å². The Bertz CT molecular complexity index is 859. The van der Waals surface area contributed by atoms with E-state index < -0.39 is 0 Å². The first kappa shape index (κ1) is 63.8. The van der Waals surface area contributed by atoms with E-state index in [-0.39, 0.29) is 0 Å².